The Balaban J connectivity index is 0.000000263. The zero-order chi connectivity index (χ0) is 52.8. The molecule has 6 aromatic rings. The topological polar surface area (TPSA) is 226 Å². The van der Waals surface area contributed by atoms with Gasteiger partial charge in [-0.2, -0.15) is 0 Å². The van der Waals surface area contributed by atoms with Gasteiger partial charge in [-0.1, -0.05) is 0 Å². The van der Waals surface area contributed by atoms with Gasteiger partial charge in [-0.3, -0.25) is 4.79 Å². The quantitative estimate of drug-likeness (QED) is 0.0722. The van der Waals surface area contributed by atoms with Crippen molar-refractivity contribution in [2.24, 2.45) is 0 Å². The molecule has 0 saturated heterocycles. The summed E-state index contributed by atoms with van der Waals surface area (Å²) in [5.41, 5.74) is 5.77. The third kappa shape index (κ3) is 16.1. The van der Waals surface area contributed by atoms with Crippen LogP contribution in [0.1, 0.15) is 52.8 Å². The number of rotatable bonds is 13. The highest BCUT2D eigenvalue weighted by Gasteiger charge is 2.33. The van der Waals surface area contributed by atoms with Gasteiger partial charge in [0.05, 0.1) is 28.4 Å². The minimum atomic E-state index is -4.92. The summed E-state index contributed by atoms with van der Waals surface area (Å²) in [5.74, 6) is -7.78. The number of carbonyl (C=O) groups is 4. The Hall–Kier alpha value is -8.90. The first-order valence-electron chi connectivity index (χ1n) is 19.6. The van der Waals surface area contributed by atoms with E-state index in [0.29, 0.717) is 16.8 Å². The van der Waals surface area contributed by atoms with Gasteiger partial charge in [0.1, 0.15) is 57.1 Å². The lowest BCUT2D eigenvalue weighted by molar-refractivity contribution is -0.275. The number of pyridine rings is 2. The van der Waals surface area contributed by atoms with Crippen LogP contribution in [0.15, 0.2) is 97.3 Å². The molecule has 0 fully saturated rings. The van der Waals surface area contributed by atoms with Crippen LogP contribution in [0.25, 0.3) is 0 Å². The van der Waals surface area contributed by atoms with Crippen molar-refractivity contribution in [3.63, 3.8) is 0 Å². The van der Waals surface area contributed by atoms with E-state index in [9.17, 15) is 54.3 Å². The highest BCUT2D eigenvalue weighted by Crippen LogP contribution is 2.40. The van der Waals surface area contributed by atoms with Gasteiger partial charge in [-0.25, -0.2) is 33.1 Å². The number of methoxy groups -OCH3 is 4. The lowest BCUT2D eigenvalue weighted by atomic mass is 10.1. The Kier molecular flexibility index (Phi) is 18.4. The molecule has 0 unspecified atom stereocenters. The van der Waals surface area contributed by atoms with Crippen LogP contribution in [-0.4, -0.2) is 80.1 Å². The lowest BCUT2D eigenvalue weighted by Crippen LogP contribution is -2.17. The van der Waals surface area contributed by atoms with Crippen molar-refractivity contribution >= 4 is 35.2 Å². The molecule has 376 valence electrons. The highest BCUT2D eigenvalue weighted by molar-refractivity contribution is 6.07. The van der Waals surface area contributed by atoms with Crippen molar-refractivity contribution in [1.29, 1.82) is 0 Å². The Labute approximate surface area is 396 Å². The van der Waals surface area contributed by atoms with Gasteiger partial charge in [-0.15, -0.1) is 26.3 Å². The van der Waals surface area contributed by atoms with Crippen LogP contribution in [0, 0.1) is 25.5 Å². The second kappa shape index (κ2) is 23.9. The first kappa shape index (κ1) is 54.7. The van der Waals surface area contributed by atoms with Crippen LogP contribution >= 0.6 is 0 Å². The van der Waals surface area contributed by atoms with Crippen LogP contribution in [0.4, 0.5) is 46.5 Å². The van der Waals surface area contributed by atoms with Gasteiger partial charge >= 0.3 is 30.6 Å². The fourth-order valence-electron chi connectivity index (χ4n) is 5.69. The number of aromatic nitrogens is 2. The molecule has 0 bridgehead atoms. The second-order valence-electron chi connectivity index (χ2n) is 13.8. The predicted octanol–water partition coefficient (Wildman–Crippen LogP) is 10.2. The van der Waals surface area contributed by atoms with Crippen LogP contribution in [0.2, 0.25) is 0 Å². The number of amides is 1. The fraction of sp³-hybridized carbons (Fsp3) is 0.174. The number of ether oxygens (including phenoxy) is 8. The molecule has 0 atom stereocenters. The third-order valence-corrected chi connectivity index (χ3v) is 8.61. The molecule has 2 aromatic heterocycles. The number of nitrogens with two attached hydrogens (primary N) is 1. The van der Waals surface area contributed by atoms with Gasteiger partial charge < -0.3 is 54.1 Å². The van der Waals surface area contributed by atoms with Crippen LogP contribution in [-0.2, 0) is 9.47 Å². The summed E-state index contributed by atoms with van der Waals surface area (Å²) in [5, 5.41) is 11.6. The lowest BCUT2D eigenvalue weighted by Gasteiger charge is -2.16. The summed E-state index contributed by atoms with van der Waals surface area (Å²) < 4.78 is 141. The molecule has 1 amide bonds. The van der Waals surface area contributed by atoms with E-state index in [1.165, 1.54) is 71.0 Å². The molecule has 0 saturated carbocycles. The summed E-state index contributed by atoms with van der Waals surface area (Å²) in [7, 11) is 4.82. The number of carboxylic acid groups (broad SMARTS) is 1. The number of nitrogen functional groups attached to an aromatic ring is 1. The largest absolute Gasteiger partial charge is 0.573 e. The van der Waals surface area contributed by atoms with Gasteiger partial charge in [0, 0.05) is 35.9 Å². The smallest absolute Gasteiger partial charge is 0.493 e. The number of anilines is 2. The fourth-order valence-corrected chi connectivity index (χ4v) is 5.69. The Bertz CT molecular complexity index is 2900. The van der Waals surface area contributed by atoms with E-state index in [4.69, 9.17) is 29.8 Å². The monoisotopic (exact) mass is 1010 g/mol. The zero-order valence-corrected chi connectivity index (χ0v) is 37.6. The van der Waals surface area contributed by atoms with Crippen molar-refractivity contribution in [3.05, 3.63) is 143 Å². The van der Waals surface area contributed by atoms with Crippen LogP contribution in [0.5, 0.6) is 46.0 Å². The van der Waals surface area contributed by atoms with E-state index in [1.54, 1.807) is 13.0 Å². The molecule has 4 aromatic carbocycles. The predicted molar refractivity (Wildman–Crippen MR) is 232 cm³/mol. The number of alkyl halides is 6. The molecule has 0 aliphatic heterocycles. The maximum Gasteiger partial charge on any atom is 0.573 e. The number of halogens is 8. The number of nitrogens with one attached hydrogen (secondary N) is 1. The SMILES string of the molecule is COC(=O)c1cc(N)ccn1.COC(=O)c1cc(NC(=O)c2c(F)cc(C)cc2Oc2ccc(OC(F)(F)F)cc2OC)ccn1.COc1cc(OC(F)(F)F)ccc1Oc1cc(C)cc(F)c1C(=O)O. The molecule has 71 heavy (non-hydrogen) atoms. The Morgan fingerprint density at radius 1 is 0.563 bits per heavy atom. The molecule has 25 heteroatoms. The zero-order valence-electron chi connectivity index (χ0n) is 37.6. The molecule has 6 rings (SSSR count). The maximum atomic E-state index is 14.9. The van der Waals surface area contributed by atoms with Gasteiger partial charge in [0.2, 0.25) is 0 Å². The summed E-state index contributed by atoms with van der Waals surface area (Å²) in [6, 6.07) is 16.4. The minimum Gasteiger partial charge on any atom is -0.493 e. The number of benzene rings is 4. The van der Waals surface area contributed by atoms with E-state index in [1.807, 2.05) is 0 Å². The van der Waals surface area contributed by atoms with E-state index < -0.39 is 70.8 Å². The average molecular weight is 1010 g/mol. The second-order valence-corrected chi connectivity index (χ2v) is 13.8. The first-order chi connectivity index (χ1) is 33.3. The number of hydrogen-bond donors (Lipinski definition) is 3. The average Bonchev–Trinajstić information content (AvgIpc) is 3.28. The molecule has 0 radical (unpaired) electrons. The van der Waals surface area contributed by atoms with E-state index in [2.05, 4.69) is 34.2 Å². The summed E-state index contributed by atoms with van der Waals surface area (Å²) in [6.07, 6.45) is -7.09. The molecular formula is C46H38F8N4O13. The number of carbonyl (C=O) groups excluding carboxylic acids is 3. The summed E-state index contributed by atoms with van der Waals surface area (Å²) in [6.45, 7) is 3.08. The van der Waals surface area contributed by atoms with Gasteiger partial charge in [-0.05, 0) is 97.8 Å². The van der Waals surface area contributed by atoms with Crippen molar-refractivity contribution in [2.45, 2.75) is 26.6 Å². The van der Waals surface area contributed by atoms with Crippen LogP contribution < -0.4 is 39.5 Å². The minimum absolute atomic E-state index is 0.0861. The maximum absolute atomic E-state index is 14.9. The standard InChI is InChI=1S/C23H18F4N2O6.C16H12F4O5.C7H8N2O2/c1-12-8-15(24)20(21(30)29-13-6-7-28-16(10-13)22(31)33-3)19(9-12)34-17-5-4-14(11-18(17)32-2)35-23(25,26)27;1-8-5-10(17)14(15(21)22)13(6-8)24-11-4-3-9(7-12(11)23-2)25-16(18,19)20;1-11-7(10)6-4-5(8)2-3-9-6/h4-11H,1-3H3,(H,28,29,30);3-7H,1-2H3,(H,21,22);2-4H,1H3,(H2,8,9). The van der Waals surface area contributed by atoms with Crippen molar-refractivity contribution in [3.8, 4) is 46.0 Å². The third-order valence-electron chi connectivity index (χ3n) is 8.61. The van der Waals surface area contributed by atoms with E-state index in [0.717, 1.165) is 55.6 Å². The molecule has 0 aliphatic carbocycles. The molecule has 17 nitrogen and oxygen atoms in total. The molecular weight excluding hydrogens is 969 g/mol. The Morgan fingerprint density at radius 3 is 1.42 bits per heavy atom. The molecule has 4 N–H and O–H groups in total. The van der Waals surface area contributed by atoms with Crippen molar-refractivity contribution < 1.29 is 97.3 Å². The van der Waals surface area contributed by atoms with Gasteiger partial charge in [0.25, 0.3) is 5.91 Å². The number of aromatic carboxylic acids is 1. The molecule has 0 spiro atoms. The number of carboxylic acids is 1. The van der Waals surface area contributed by atoms with Crippen molar-refractivity contribution in [1.82, 2.24) is 9.97 Å². The summed E-state index contributed by atoms with van der Waals surface area (Å²) in [4.78, 5) is 54.2. The molecule has 2 heterocycles. The van der Waals surface area contributed by atoms with Gasteiger partial charge in [0.15, 0.2) is 23.0 Å². The van der Waals surface area contributed by atoms with E-state index in [-0.39, 0.29) is 51.6 Å². The normalized spacial score (nSPS) is 10.7. The highest BCUT2D eigenvalue weighted by atomic mass is 19.4. The number of hydrogen-bond acceptors (Lipinski definition) is 15. The summed E-state index contributed by atoms with van der Waals surface area (Å²) >= 11 is 0. The number of nitrogens with zero attached hydrogens (tertiary/aromatic N) is 2. The van der Waals surface area contributed by atoms with Crippen molar-refractivity contribution in [2.75, 3.05) is 39.5 Å². The number of esters is 2. The molecule has 0 aliphatic rings. The Morgan fingerprint density at radius 2 is 1.00 bits per heavy atom. The van der Waals surface area contributed by atoms with Crippen LogP contribution in [0.3, 0.4) is 0 Å². The number of aryl methyl sites for hydroxylation is 2. The first-order valence-corrected chi connectivity index (χ1v) is 19.6. The van der Waals surface area contributed by atoms with E-state index >= 15 is 0 Å².